The first-order chi connectivity index (χ1) is 18.8. The van der Waals surface area contributed by atoms with Gasteiger partial charge in [-0.1, -0.05) is 89.3 Å². The summed E-state index contributed by atoms with van der Waals surface area (Å²) in [6.07, 6.45) is 10.6. The predicted octanol–water partition coefficient (Wildman–Crippen LogP) is 5.61. The number of Topliss-reactive ketones (excluding diaryl/α,β-unsaturated/α-hetero) is 1. The number of unbranched alkanes of at least 4 members (excludes halogenated alkanes) is 7. The van der Waals surface area contributed by atoms with Gasteiger partial charge in [-0.15, -0.1) is 0 Å². The van der Waals surface area contributed by atoms with E-state index in [1.165, 1.54) is 37.8 Å². The Morgan fingerprint density at radius 1 is 0.821 bits per heavy atom. The lowest BCUT2D eigenvalue weighted by Crippen LogP contribution is -2.47. The smallest absolute Gasteiger partial charge is 0.324 e. The fraction of sp³-hybridized carbons (Fsp3) is 0.516. The third-order valence-corrected chi connectivity index (χ3v) is 6.89. The second-order valence-corrected chi connectivity index (χ2v) is 9.85. The minimum absolute atomic E-state index is 0.172. The summed E-state index contributed by atoms with van der Waals surface area (Å²) < 4.78 is 10.5. The van der Waals surface area contributed by atoms with Gasteiger partial charge in [0.15, 0.2) is 5.41 Å². The molecule has 0 aliphatic carbocycles. The maximum absolute atomic E-state index is 13.3. The van der Waals surface area contributed by atoms with Crippen LogP contribution in [0.2, 0.25) is 0 Å². The second kappa shape index (κ2) is 16.4. The number of carbonyl (C=O) groups excluding carboxylic acids is 5. The summed E-state index contributed by atoms with van der Waals surface area (Å²) in [7, 11) is 0. The fourth-order valence-corrected chi connectivity index (χ4v) is 4.69. The van der Waals surface area contributed by atoms with Gasteiger partial charge in [0, 0.05) is 19.4 Å². The van der Waals surface area contributed by atoms with E-state index in [2.05, 4.69) is 20.1 Å². The molecule has 8 heteroatoms. The molecule has 0 fully saturated rings. The molecule has 0 bridgehead atoms. The molecule has 0 saturated carbocycles. The molecule has 1 aromatic rings. The normalized spacial score (nSPS) is 12.7. The number of hydrogen-bond donors (Lipinski definition) is 0. The lowest BCUT2D eigenvalue weighted by molar-refractivity contribution is -0.174. The minimum atomic E-state index is -2.02. The van der Waals surface area contributed by atoms with E-state index in [0.29, 0.717) is 6.42 Å². The number of imide groups is 1. The summed E-state index contributed by atoms with van der Waals surface area (Å²) >= 11 is 0. The third-order valence-electron chi connectivity index (χ3n) is 6.89. The zero-order valence-electron chi connectivity index (χ0n) is 23.1. The van der Waals surface area contributed by atoms with Gasteiger partial charge in [0.05, 0.1) is 11.1 Å². The zero-order chi connectivity index (χ0) is 28.7. The molecule has 1 aliphatic rings. The molecule has 1 aliphatic heterocycles. The highest BCUT2D eigenvalue weighted by atomic mass is 16.6. The van der Waals surface area contributed by atoms with Crippen LogP contribution in [0.4, 0.5) is 0 Å². The standard InChI is InChI=1S/C31H41NO7/c1-4-7-8-9-10-11-12-13-16-24(33)23-31(29(36)38-21-5-2,30(37)39-22-6-3)19-20-32-27(34)25-17-14-15-18-26(25)28(32)35/h5-6,14-15,17-18H,2-4,7-13,16,19-23H2,1H3. The van der Waals surface area contributed by atoms with E-state index in [4.69, 9.17) is 9.47 Å². The highest BCUT2D eigenvalue weighted by Gasteiger charge is 2.51. The molecule has 0 unspecified atom stereocenters. The number of fused-ring (bicyclic) bond motifs is 1. The van der Waals surface area contributed by atoms with Gasteiger partial charge in [-0.05, 0) is 25.0 Å². The summed E-state index contributed by atoms with van der Waals surface area (Å²) in [4.78, 5) is 66.5. The van der Waals surface area contributed by atoms with Gasteiger partial charge < -0.3 is 9.47 Å². The Balaban J connectivity index is 2.17. The molecule has 8 nitrogen and oxygen atoms in total. The fourth-order valence-electron chi connectivity index (χ4n) is 4.69. The van der Waals surface area contributed by atoms with Gasteiger partial charge in [0.1, 0.15) is 19.0 Å². The van der Waals surface area contributed by atoms with E-state index in [1.54, 1.807) is 24.3 Å². The number of ketones is 1. The Morgan fingerprint density at radius 3 is 1.79 bits per heavy atom. The van der Waals surface area contributed by atoms with Crippen molar-refractivity contribution in [1.29, 1.82) is 0 Å². The van der Waals surface area contributed by atoms with Crippen LogP contribution in [0, 0.1) is 5.41 Å². The zero-order valence-corrected chi connectivity index (χ0v) is 23.1. The number of ether oxygens (including phenoxy) is 2. The van der Waals surface area contributed by atoms with Crippen molar-refractivity contribution >= 4 is 29.5 Å². The molecule has 2 rings (SSSR count). The van der Waals surface area contributed by atoms with Crippen LogP contribution in [0.3, 0.4) is 0 Å². The van der Waals surface area contributed by atoms with Gasteiger partial charge in [-0.2, -0.15) is 0 Å². The van der Waals surface area contributed by atoms with Gasteiger partial charge in [-0.25, -0.2) is 0 Å². The third kappa shape index (κ3) is 8.73. The molecule has 0 atom stereocenters. The Labute approximate surface area is 231 Å². The number of benzene rings is 1. The van der Waals surface area contributed by atoms with Gasteiger partial charge in [-0.3, -0.25) is 28.9 Å². The monoisotopic (exact) mass is 539 g/mol. The van der Waals surface area contributed by atoms with E-state index in [0.717, 1.165) is 24.2 Å². The quantitative estimate of drug-likeness (QED) is 0.0697. The maximum Gasteiger partial charge on any atom is 0.324 e. The average Bonchev–Trinajstić information content (AvgIpc) is 3.18. The molecule has 0 aromatic heterocycles. The van der Waals surface area contributed by atoms with Gasteiger partial charge in [0.25, 0.3) is 11.8 Å². The van der Waals surface area contributed by atoms with Crippen LogP contribution in [0.5, 0.6) is 0 Å². The van der Waals surface area contributed by atoms with Crippen molar-refractivity contribution in [3.8, 4) is 0 Å². The lowest BCUT2D eigenvalue weighted by Gasteiger charge is -2.30. The summed E-state index contributed by atoms with van der Waals surface area (Å²) in [5, 5.41) is 0. The van der Waals surface area contributed by atoms with Crippen LogP contribution in [0.25, 0.3) is 0 Å². The number of rotatable bonds is 20. The Morgan fingerprint density at radius 2 is 1.31 bits per heavy atom. The molecule has 2 amide bonds. The first-order valence-electron chi connectivity index (χ1n) is 13.9. The topological polar surface area (TPSA) is 107 Å². The number of hydrogen-bond acceptors (Lipinski definition) is 7. The van der Waals surface area contributed by atoms with Crippen molar-refractivity contribution in [3.05, 3.63) is 60.7 Å². The molecule has 0 radical (unpaired) electrons. The summed E-state index contributed by atoms with van der Waals surface area (Å²) in [5.41, 5.74) is -1.51. The molecule has 212 valence electrons. The summed E-state index contributed by atoms with van der Waals surface area (Å²) in [5.74, 6) is -3.22. The van der Waals surface area contributed by atoms with Crippen LogP contribution in [0.1, 0.15) is 98.3 Å². The molecule has 0 N–H and O–H groups in total. The Bertz CT molecular complexity index is 986. The van der Waals surface area contributed by atoms with Crippen LogP contribution >= 0.6 is 0 Å². The highest BCUT2D eigenvalue weighted by molar-refractivity contribution is 6.21. The molecular weight excluding hydrogens is 498 g/mol. The van der Waals surface area contributed by atoms with Crippen molar-refractivity contribution in [2.75, 3.05) is 19.8 Å². The minimum Gasteiger partial charge on any atom is -0.461 e. The first-order valence-corrected chi connectivity index (χ1v) is 13.9. The van der Waals surface area contributed by atoms with E-state index >= 15 is 0 Å². The van der Waals surface area contributed by atoms with E-state index < -0.39 is 35.6 Å². The molecular formula is C31H41NO7. The number of carbonyl (C=O) groups is 5. The SMILES string of the molecule is C=CCOC(=O)C(CCN1C(=O)c2ccccc2C1=O)(CC(=O)CCCCCCCCCC)C(=O)OCC=C. The Kier molecular flexibility index (Phi) is 13.3. The molecule has 1 aromatic carbocycles. The molecule has 0 spiro atoms. The Hall–Kier alpha value is -3.55. The summed E-state index contributed by atoms with van der Waals surface area (Å²) in [6, 6.07) is 6.40. The first kappa shape index (κ1) is 31.7. The molecule has 39 heavy (non-hydrogen) atoms. The van der Waals surface area contributed by atoms with E-state index in [1.807, 2.05) is 0 Å². The van der Waals surface area contributed by atoms with Crippen molar-refractivity contribution in [3.63, 3.8) is 0 Å². The van der Waals surface area contributed by atoms with E-state index in [-0.39, 0.29) is 49.5 Å². The summed E-state index contributed by atoms with van der Waals surface area (Å²) in [6.45, 7) is 8.63. The van der Waals surface area contributed by atoms with Gasteiger partial charge >= 0.3 is 11.9 Å². The highest BCUT2D eigenvalue weighted by Crippen LogP contribution is 2.34. The number of nitrogens with zero attached hydrogens (tertiary/aromatic N) is 1. The number of amides is 2. The van der Waals surface area contributed by atoms with Crippen molar-refractivity contribution in [1.82, 2.24) is 4.90 Å². The van der Waals surface area contributed by atoms with Crippen molar-refractivity contribution in [2.24, 2.45) is 5.41 Å². The van der Waals surface area contributed by atoms with Crippen molar-refractivity contribution in [2.45, 2.75) is 77.6 Å². The molecule has 1 heterocycles. The van der Waals surface area contributed by atoms with Crippen LogP contribution in [-0.4, -0.2) is 54.2 Å². The number of esters is 2. The van der Waals surface area contributed by atoms with Gasteiger partial charge in [0.2, 0.25) is 0 Å². The van der Waals surface area contributed by atoms with Crippen molar-refractivity contribution < 1.29 is 33.4 Å². The second-order valence-electron chi connectivity index (χ2n) is 9.85. The largest absolute Gasteiger partial charge is 0.461 e. The lowest BCUT2D eigenvalue weighted by atomic mass is 9.78. The van der Waals surface area contributed by atoms with Crippen LogP contribution in [-0.2, 0) is 23.9 Å². The van der Waals surface area contributed by atoms with E-state index in [9.17, 15) is 24.0 Å². The average molecular weight is 540 g/mol. The molecule has 0 saturated heterocycles. The van der Waals surface area contributed by atoms with Crippen LogP contribution in [0.15, 0.2) is 49.6 Å². The van der Waals surface area contributed by atoms with Crippen LogP contribution < -0.4 is 0 Å². The maximum atomic E-state index is 13.3. The predicted molar refractivity (Wildman–Crippen MR) is 148 cm³/mol.